The SMILES string of the molecule is CN=C(NCCC(=O)N1CCCC(C)C1)NCC(c1cccs1)N1CCCC1.I. The average Bonchev–Trinajstić information content (AvgIpc) is 3.41. The minimum atomic E-state index is 0. The standard InChI is InChI=1S/C21H35N5OS.HI/c1-17-7-5-13-26(16-17)20(27)9-10-23-21(22-2)24-15-18(19-8-6-14-28-19)25-11-3-4-12-25;/h6,8,14,17-18H,3-5,7,9-13,15-16H2,1-2H3,(H2,22,23,24);1H. The number of guanidine groups is 1. The van der Waals surface area contributed by atoms with Crippen LogP contribution in [0.1, 0.15) is 49.9 Å². The first-order chi connectivity index (χ1) is 13.7. The summed E-state index contributed by atoms with van der Waals surface area (Å²) in [5.41, 5.74) is 0. The van der Waals surface area contributed by atoms with Crippen LogP contribution in [0, 0.1) is 5.92 Å². The van der Waals surface area contributed by atoms with Crippen LogP contribution < -0.4 is 10.6 Å². The van der Waals surface area contributed by atoms with Crippen molar-refractivity contribution in [1.29, 1.82) is 0 Å². The fourth-order valence-corrected chi connectivity index (χ4v) is 5.08. The Balaban J connectivity index is 0.00000300. The van der Waals surface area contributed by atoms with Crippen LogP contribution in [0.5, 0.6) is 0 Å². The van der Waals surface area contributed by atoms with Gasteiger partial charge in [0.2, 0.25) is 5.91 Å². The van der Waals surface area contributed by atoms with Gasteiger partial charge in [-0.3, -0.25) is 14.7 Å². The van der Waals surface area contributed by atoms with Crippen molar-refractivity contribution in [3.8, 4) is 0 Å². The number of amides is 1. The van der Waals surface area contributed by atoms with E-state index in [9.17, 15) is 4.79 Å². The van der Waals surface area contributed by atoms with Crippen LogP contribution in [0.2, 0.25) is 0 Å². The van der Waals surface area contributed by atoms with Crippen LogP contribution in [0.3, 0.4) is 0 Å². The minimum absolute atomic E-state index is 0. The van der Waals surface area contributed by atoms with E-state index in [0.29, 0.717) is 24.9 Å². The summed E-state index contributed by atoms with van der Waals surface area (Å²) in [6.45, 7) is 7.83. The second-order valence-electron chi connectivity index (χ2n) is 7.99. The number of nitrogens with zero attached hydrogens (tertiary/aromatic N) is 3. The lowest BCUT2D eigenvalue weighted by atomic mass is 10.00. The molecule has 29 heavy (non-hydrogen) atoms. The molecule has 2 N–H and O–H groups in total. The molecule has 3 heterocycles. The first-order valence-corrected chi connectivity index (χ1v) is 11.5. The molecule has 3 rings (SSSR count). The van der Waals surface area contributed by atoms with Gasteiger partial charge in [0, 0.05) is 44.5 Å². The zero-order valence-electron chi connectivity index (χ0n) is 17.7. The molecule has 2 aliphatic rings. The van der Waals surface area contributed by atoms with Crippen LogP contribution in [0.25, 0.3) is 0 Å². The monoisotopic (exact) mass is 533 g/mol. The number of hydrogen-bond donors (Lipinski definition) is 2. The molecule has 0 saturated carbocycles. The third-order valence-electron chi connectivity index (χ3n) is 5.78. The third-order valence-corrected chi connectivity index (χ3v) is 6.75. The maximum atomic E-state index is 12.4. The zero-order chi connectivity index (χ0) is 19.8. The summed E-state index contributed by atoms with van der Waals surface area (Å²) >= 11 is 1.82. The molecule has 2 unspecified atom stereocenters. The van der Waals surface area contributed by atoms with Gasteiger partial charge in [0.15, 0.2) is 5.96 Å². The summed E-state index contributed by atoms with van der Waals surface area (Å²) in [7, 11) is 1.79. The second-order valence-corrected chi connectivity index (χ2v) is 8.97. The van der Waals surface area contributed by atoms with Crippen molar-refractivity contribution in [2.75, 3.05) is 46.3 Å². The lowest BCUT2D eigenvalue weighted by molar-refractivity contribution is -0.132. The normalized spacial score (nSPS) is 21.5. The highest BCUT2D eigenvalue weighted by molar-refractivity contribution is 14.0. The van der Waals surface area contributed by atoms with E-state index in [0.717, 1.165) is 32.0 Å². The van der Waals surface area contributed by atoms with E-state index in [4.69, 9.17) is 0 Å². The summed E-state index contributed by atoms with van der Waals surface area (Å²) in [5, 5.41) is 8.94. The first kappa shape index (κ1) is 24.4. The highest BCUT2D eigenvalue weighted by Gasteiger charge is 2.24. The van der Waals surface area contributed by atoms with Crippen molar-refractivity contribution < 1.29 is 4.79 Å². The topological polar surface area (TPSA) is 60.0 Å². The van der Waals surface area contributed by atoms with Gasteiger partial charge >= 0.3 is 0 Å². The number of carbonyl (C=O) groups excluding carboxylic acids is 1. The number of thiophene rings is 1. The van der Waals surface area contributed by atoms with E-state index in [-0.39, 0.29) is 29.9 Å². The molecule has 2 fully saturated rings. The van der Waals surface area contributed by atoms with Crippen LogP contribution >= 0.6 is 35.3 Å². The lowest BCUT2D eigenvalue weighted by Crippen LogP contribution is -2.44. The van der Waals surface area contributed by atoms with Gasteiger partial charge in [-0.25, -0.2) is 0 Å². The summed E-state index contributed by atoms with van der Waals surface area (Å²) in [6.07, 6.45) is 5.46. The van der Waals surface area contributed by atoms with Gasteiger partial charge in [-0.15, -0.1) is 35.3 Å². The number of halogens is 1. The van der Waals surface area contributed by atoms with Gasteiger partial charge in [0.1, 0.15) is 0 Å². The van der Waals surface area contributed by atoms with Crippen LogP contribution in [-0.2, 0) is 4.79 Å². The Morgan fingerprint density at radius 3 is 2.72 bits per heavy atom. The van der Waals surface area contributed by atoms with E-state index in [1.165, 1.54) is 37.2 Å². The minimum Gasteiger partial charge on any atom is -0.356 e. The molecule has 1 aromatic rings. The molecule has 6 nitrogen and oxygen atoms in total. The molecule has 2 atom stereocenters. The highest BCUT2D eigenvalue weighted by Crippen LogP contribution is 2.27. The third kappa shape index (κ3) is 7.40. The fraction of sp³-hybridized carbons (Fsp3) is 0.714. The molecule has 0 spiro atoms. The van der Waals surface area contributed by atoms with E-state index in [1.54, 1.807) is 7.05 Å². The number of nitrogens with one attached hydrogen (secondary N) is 2. The molecule has 0 aliphatic carbocycles. The van der Waals surface area contributed by atoms with Gasteiger partial charge in [-0.05, 0) is 56.1 Å². The van der Waals surface area contributed by atoms with Crippen molar-refractivity contribution in [2.45, 2.75) is 45.1 Å². The van der Waals surface area contributed by atoms with Crippen LogP contribution in [0.15, 0.2) is 22.5 Å². The summed E-state index contributed by atoms with van der Waals surface area (Å²) < 4.78 is 0. The van der Waals surface area contributed by atoms with Crippen LogP contribution in [-0.4, -0.2) is 68.0 Å². The zero-order valence-corrected chi connectivity index (χ0v) is 20.9. The molecule has 164 valence electrons. The molecule has 0 radical (unpaired) electrons. The Labute approximate surface area is 196 Å². The quantitative estimate of drug-likeness (QED) is 0.321. The van der Waals surface area contributed by atoms with Gasteiger partial charge in [0.25, 0.3) is 0 Å². The molecular formula is C21H36IN5OS. The number of carbonyl (C=O) groups is 1. The number of hydrogen-bond acceptors (Lipinski definition) is 4. The van der Waals surface area contributed by atoms with Crippen molar-refractivity contribution >= 4 is 47.2 Å². The predicted molar refractivity (Wildman–Crippen MR) is 132 cm³/mol. The van der Waals surface area contributed by atoms with E-state index < -0.39 is 0 Å². The molecule has 0 bridgehead atoms. The Hall–Kier alpha value is -0.870. The molecular weight excluding hydrogens is 497 g/mol. The number of rotatable bonds is 7. The van der Waals surface area contributed by atoms with E-state index in [1.807, 2.05) is 16.2 Å². The van der Waals surface area contributed by atoms with E-state index in [2.05, 4.69) is 45.0 Å². The first-order valence-electron chi connectivity index (χ1n) is 10.7. The summed E-state index contributed by atoms with van der Waals surface area (Å²) in [6, 6.07) is 4.74. The highest BCUT2D eigenvalue weighted by atomic mass is 127. The predicted octanol–water partition coefficient (Wildman–Crippen LogP) is 3.32. The second kappa shape index (κ2) is 12.7. The van der Waals surface area contributed by atoms with E-state index >= 15 is 0 Å². The molecule has 1 aromatic heterocycles. The Kier molecular flexibility index (Phi) is 10.7. The number of likely N-dealkylation sites (tertiary alicyclic amines) is 2. The van der Waals surface area contributed by atoms with Gasteiger partial charge in [0.05, 0.1) is 6.04 Å². The average molecular weight is 534 g/mol. The Bertz CT molecular complexity index is 633. The molecule has 1 amide bonds. The lowest BCUT2D eigenvalue weighted by Gasteiger charge is -2.31. The summed E-state index contributed by atoms with van der Waals surface area (Å²) in [5.74, 6) is 1.66. The van der Waals surface area contributed by atoms with Crippen molar-refractivity contribution in [3.63, 3.8) is 0 Å². The van der Waals surface area contributed by atoms with Gasteiger partial charge in [-0.1, -0.05) is 13.0 Å². The summed E-state index contributed by atoms with van der Waals surface area (Å²) in [4.78, 5) is 22.8. The maximum Gasteiger partial charge on any atom is 0.224 e. The van der Waals surface area contributed by atoms with Gasteiger partial charge in [-0.2, -0.15) is 0 Å². The van der Waals surface area contributed by atoms with Crippen molar-refractivity contribution in [1.82, 2.24) is 20.4 Å². The Morgan fingerprint density at radius 1 is 1.28 bits per heavy atom. The van der Waals surface area contributed by atoms with Crippen LogP contribution in [0.4, 0.5) is 0 Å². The van der Waals surface area contributed by atoms with Crippen molar-refractivity contribution in [2.24, 2.45) is 10.9 Å². The molecule has 8 heteroatoms. The van der Waals surface area contributed by atoms with Crippen molar-refractivity contribution in [3.05, 3.63) is 22.4 Å². The van der Waals surface area contributed by atoms with Gasteiger partial charge < -0.3 is 15.5 Å². The largest absolute Gasteiger partial charge is 0.356 e. The fourth-order valence-electron chi connectivity index (χ4n) is 4.22. The maximum absolute atomic E-state index is 12.4. The molecule has 0 aromatic carbocycles. The Morgan fingerprint density at radius 2 is 2.07 bits per heavy atom. The number of piperidine rings is 1. The number of aliphatic imine (C=N–C) groups is 1. The molecule has 2 aliphatic heterocycles. The molecule has 2 saturated heterocycles. The smallest absolute Gasteiger partial charge is 0.224 e.